The molecular formula is C19H18BrFN4O2S. The molecule has 1 aliphatic rings. The molecule has 0 atom stereocenters. The van der Waals surface area contributed by atoms with E-state index < -0.39 is 15.8 Å². The van der Waals surface area contributed by atoms with Gasteiger partial charge in [-0.05, 0) is 55.3 Å². The zero-order valence-electron chi connectivity index (χ0n) is 14.9. The monoisotopic (exact) mass is 464 g/mol. The molecule has 2 aromatic carbocycles. The lowest BCUT2D eigenvalue weighted by atomic mass is 10.1. The van der Waals surface area contributed by atoms with Crippen LogP contribution in [0.4, 0.5) is 10.1 Å². The Kier molecular flexibility index (Phi) is 5.20. The van der Waals surface area contributed by atoms with E-state index in [1.54, 1.807) is 12.1 Å². The molecule has 2 heterocycles. The fourth-order valence-corrected chi connectivity index (χ4v) is 4.59. The maximum Gasteiger partial charge on any atom is 0.261 e. The third-order valence-corrected chi connectivity index (χ3v) is 6.62. The van der Waals surface area contributed by atoms with Gasteiger partial charge in [-0.15, -0.1) is 10.2 Å². The number of nitrogens with one attached hydrogen (secondary N) is 1. The van der Waals surface area contributed by atoms with Crippen LogP contribution in [-0.2, 0) is 23.0 Å². The second kappa shape index (κ2) is 7.63. The summed E-state index contributed by atoms with van der Waals surface area (Å²) in [6.07, 6.45) is 3.92. The quantitative estimate of drug-likeness (QED) is 0.621. The molecule has 28 heavy (non-hydrogen) atoms. The number of hydrogen-bond acceptors (Lipinski definition) is 4. The van der Waals surface area contributed by atoms with Crippen LogP contribution in [-0.4, -0.2) is 23.2 Å². The number of hydrogen-bond donors (Lipinski definition) is 1. The highest BCUT2D eigenvalue weighted by atomic mass is 79.9. The van der Waals surface area contributed by atoms with Crippen LogP contribution in [0.25, 0.3) is 11.4 Å². The van der Waals surface area contributed by atoms with Crippen molar-refractivity contribution in [2.24, 2.45) is 0 Å². The summed E-state index contributed by atoms with van der Waals surface area (Å²) in [4.78, 5) is 0.123. The van der Waals surface area contributed by atoms with Crippen molar-refractivity contribution in [2.75, 3.05) is 4.72 Å². The molecule has 0 spiro atoms. The normalized spacial score (nSPS) is 14.4. The zero-order chi connectivity index (χ0) is 19.7. The lowest BCUT2D eigenvalue weighted by Gasteiger charge is -2.11. The van der Waals surface area contributed by atoms with Gasteiger partial charge in [-0.25, -0.2) is 12.8 Å². The third kappa shape index (κ3) is 3.81. The van der Waals surface area contributed by atoms with Crippen LogP contribution in [0.1, 0.15) is 25.1 Å². The lowest BCUT2D eigenvalue weighted by Crippen LogP contribution is -2.13. The third-order valence-electron chi connectivity index (χ3n) is 4.69. The minimum absolute atomic E-state index is 0.123. The fourth-order valence-electron chi connectivity index (χ4n) is 3.27. The standard InChI is InChI=1S/C19H18BrFN4O2S/c20-13-5-8-15(9-6-13)28(26,27)24-14-7-10-17(21)16(12-14)19-23-22-18-4-2-1-3-11-25(18)19/h5-10,12,24H,1-4,11H2. The largest absolute Gasteiger partial charge is 0.311 e. The van der Waals surface area contributed by atoms with E-state index in [9.17, 15) is 12.8 Å². The van der Waals surface area contributed by atoms with Crippen molar-refractivity contribution in [1.82, 2.24) is 14.8 Å². The molecular weight excluding hydrogens is 447 g/mol. The van der Waals surface area contributed by atoms with Gasteiger partial charge in [-0.1, -0.05) is 22.4 Å². The average Bonchev–Trinajstić information content (AvgIpc) is 2.91. The van der Waals surface area contributed by atoms with Crippen molar-refractivity contribution in [1.29, 1.82) is 0 Å². The summed E-state index contributed by atoms with van der Waals surface area (Å²) in [5.74, 6) is 0.804. The van der Waals surface area contributed by atoms with Crippen LogP contribution in [0.5, 0.6) is 0 Å². The molecule has 0 aliphatic carbocycles. The molecule has 1 aromatic heterocycles. The minimum Gasteiger partial charge on any atom is -0.311 e. The number of fused-ring (bicyclic) bond motifs is 1. The molecule has 0 unspecified atom stereocenters. The molecule has 0 amide bonds. The number of aromatic nitrogens is 3. The molecule has 4 rings (SSSR count). The number of aryl methyl sites for hydroxylation is 1. The number of anilines is 1. The smallest absolute Gasteiger partial charge is 0.261 e. The van der Waals surface area contributed by atoms with Crippen LogP contribution in [0, 0.1) is 5.82 Å². The Balaban J connectivity index is 1.68. The van der Waals surface area contributed by atoms with Crippen LogP contribution < -0.4 is 4.72 Å². The summed E-state index contributed by atoms with van der Waals surface area (Å²) in [5.41, 5.74) is 0.502. The molecule has 3 aromatic rings. The Labute approximate surface area is 171 Å². The van der Waals surface area contributed by atoms with Crippen molar-refractivity contribution in [3.63, 3.8) is 0 Å². The predicted molar refractivity (Wildman–Crippen MR) is 108 cm³/mol. The zero-order valence-corrected chi connectivity index (χ0v) is 17.3. The van der Waals surface area contributed by atoms with Crippen molar-refractivity contribution in [3.05, 3.63) is 58.6 Å². The van der Waals surface area contributed by atoms with Crippen molar-refractivity contribution < 1.29 is 12.8 Å². The molecule has 9 heteroatoms. The van der Waals surface area contributed by atoms with E-state index in [2.05, 4.69) is 30.8 Å². The van der Waals surface area contributed by atoms with E-state index in [1.165, 1.54) is 30.3 Å². The van der Waals surface area contributed by atoms with Gasteiger partial charge in [0.2, 0.25) is 0 Å². The summed E-state index contributed by atoms with van der Waals surface area (Å²) >= 11 is 3.28. The van der Waals surface area contributed by atoms with Gasteiger partial charge in [0.25, 0.3) is 10.0 Å². The Hall–Kier alpha value is -2.26. The van der Waals surface area contributed by atoms with Crippen LogP contribution >= 0.6 is 15.9 Å². The van der Waals surface area contributed by atoms with E-state index in [-0.39, 0.29) is 16.1 Å². The van der Waals surface area contributed by atoms with E-state index in [1.807, 2.05) is 4.57 Å². The van der Waals surface area contributed by atoms with Gasteiger partial charge in [-0.2, -0.15) is 0 Å². The van der Waals surface area contributed by atoms with Crippen molar-refractivity contribution >= 4 is 31.6 Å². The Morgan fingerprint density at radius 2 is 1.82 bits per heavy atom. The molecule has 0 fully saturated rings. The molecule has 0 saturated heterocycles. The molecule has 1 N–H and O–H groups in total. The van der Waals surface area contributed by atoms with Gasteiger partial charge in [-0.3, -0.25) is 4.72 Å². The molecule has 146 valence electrons. The lowest BCUT2D eigenvalue weighted by molar-refractivity contribution is 0.601. The van der Waals surface area contributed by atoms with Crippen LogP contribution in [0.3, 0.4) is 0 Å². The number of nitrogens with zero attached hydrogens (tertiary/aromatic N) is 3. The van der Waals surface area contributed by atoms with Gasteiger partial charge >= 0.3 is 0 Å². The second-order valence-corrected chi connectivity index (χ2v) is 9.25. The maximum absolute atomic E-state index is 14.5. The van der Waals surface area contributed by atoms with Gasteiger partial charge in [0.15, 0.2) is 5.82 Å². The highest BCUT2D eigenvalue weighted by Crippen LogP contribution is 2.28. The van der Waals surface area contributed by atoms with Gasteiger partial charge in [0, 0.05) is 23.1 Å². The second-order valence-electron chi connectivity index (χ2n) is 6.66. The van der Waals surface area contributed by atoms with Crippen molar-refractivity contribution in [3.8, 4) is 11.4 Å². The maximum atomic E-state index is 14.5. The SMILES string of the molecule is O=S(=O)(Nc1ccc(F)c(-c2nnc3n2CCCCC3)c1)c1ccc(Br)cc1. The average molecular weight is 465 g/mol. The van der Waals surface area contributed by atoms with Gasteiger partial charge in [0.1, 0.15) is 11.6 Å². The summed E-state index contributed by atoms with van der Waals surface area (Å²) < 4.78 is 45.0. The summed E-state index contributed by atoms with van der Waals surface area (Å²) in [5, 5.41) is 8.36. The first kappa shape index (κ1) is 19.1. The van der Waals surface area contributed by atoms with Crippen LogP contribution in [0.2, 0.25) is 0 Å². The fraction of sp³-hybridized carbons (Fsp3) is 0.263. The Morgan fingerprint density at radius 1 is 1.04 bits per heavy atom. The van der Waals surface area contributed by atoms with E-state index in [0.29, 0.717) is 5.82 Å². The minimum atomic E-state index is -3.79. The van der Waals surface area contributed by atoms with Crippen molar-refractivity contribution in [2.45, 2.75) is 37.1 Å². The number of halogens is 2. The summed E-state index contributed by atoms with van der Waals surface area (Å²) in [7, 11) is -3.79. The van der Waals surface area contributed by atoms with E-state index in [0.717, 1.165) is 42.5 Å². The number of benzene rings is 2. The highest BCUT2D eigenvalue weighted by Gasteiger charge is 2.20. The first-order valence-corrected chi connectivity index (χ1v) is 11.2. The predicted octanol–water partition coefficient (Wildman–Crippen LogP) is 4.37. The molecule has 6 nitrogen and oxygen atoms in total. The molecule has 0 saturated carbocycles. The molecule has 0 bridgehead atoms. The first-order chi connectivity index (χ1) is 13.4. The van der Waals surface area contributed by atoms with E-state index in [4.69, 9.17) is 0 Å². The molecule has 1 aliphatic heterocycles. The Morgan fingerprint density at radius 3 is 2.61 bits per heavy atom. The summed E-state index contributed by atoms with van der Waals surface area (Å²) in [6.45, 7) is 0.728. The number of rotatable bonds is 4. The van der Waals surface area contributed by atoms with Crippen LogP contribution in [0.15, 0.2) is 51.8 Å². The van der Waals surface area contributed by atoms with Gasteiger partial charge in [0.05, 0.1) is 10.5 Å². The number of sulfonamides is 1. The first-order valence-electron chi connectivity index (χ1n) is 8.94. The van der Waals surface area contributed by atoms with Gasteiger partial charge < -0.3 is 4.57 Å². The summed E-state index contributed by atoms with van der Waals surface area (Å²) in [6, 6.07) is 10.4. The molecule has 0 radical (unpaired) electrons. The topological polar surface area (TPSA) is 76.9 Å². The highest BCUT2D eigenvalue weighted by molar-refractivity contribution is 9.10. The Bertz CT molecular complexity index is 1110. The van der Waals surface area contributed by atoms with E-state index >= 15 is 0 Å².